The van der Waals surface area contributed by atoms with Gasteiger partial charge >= 0.3 is 0 Å². The van der Waals surface area contributed by atoms with E-state index in [0.717, 1.165) is 10.5 Å². The number of rotatable bonds is 5. The molecule has 0 fully saturated rings. The summed E-state index contributed by atoms with van der Waals surface area (Å²) in [6, 6.07) is 21.3. The third-order valence-corrected chi connectivity index (χ3v) is 4.40. The summed E-state index contributed by atoms with van der Waals surface area (Å²) in [5, 5.41) is 2.41. The van der Waals surface area contributed by atoms with Crippen molar-refractivity contribution in [2.45, 2.75) is 10.1 Å². The molecule has 0 saturated heterocycles. The Morgan fingerprint density at radius 3 is 2.13 bits per heavy atom. The fourth-order valence-electron chi connectivity index (χ4n) is 2.08. The molecule has 0 bridgehead atoms. The van der Waals surface area contributed by atoms with Crippen molar-refractivity contribution >= 4 is 23.6 Å². The zero-order valence-corrected chi connectivity index (χ0v) is 13.1. The maximum atomic E-state index is 12.7. The fraction of sp³-hybridized carbons (Fsp3) is 0.0556. The Kier molecular flexibility index (Phi) is 5.01. The van der Waals surface area contributed by atoms with Crippen molar-refractivity contribution in [3.63, 3.8) is 0 Å². The van der Waals surface area contributed by atoms with Crippen molar-refractivity contribution in [2.24, 2.45) is 0 Å². The molecule has 1 atom stereocenters. The number of carbonyl (C=O) groups excluding carboxylic acids is 1. The largest absolute Gasteiger partial charge is 0.293 e. The number of hydrogen-bond donors (Lipinski definition) is 1. The quantitative estimate of drug-likeness (QED) is 0.723. The van der Waals surface area contributed by atoms with Gasteiger partial charge in [-0.05, 0) is 23.8 Å². The average Bonchev–Trinajstić information content (AvgIpc) is 2.62. The Labute approximate surface area is 139 Å². The van der Waals surface area contributed by atoms with Crippen LogP contribution in [-0.4, -0.2) is 15.9 Å². The normalized spacial score (nSPS) is 11.7. The topological polar surface area (TPSA) is 54.9 Å². The number of thioether (sulfide) groups is 1. The van der Waals surface area contributed by atoms with Crippen LogP contribution >= 0.6 is 11.8 Å². The fourth-order valence-corrected chi connectivity index (χ4v) is 3.12. The van der Waals surface area contributed by atoms with Crippen molar-refractivity contribution in [1.82, 2.24) is 9.97 Å². The molecule has 4 nitrogen and oxygen atoms in total. The molecule has 5 heteroatoms. The number of aromatic nitrogens is 2. The first-order valence-electron chi connectivity index (χ1n) is 7.17. The third-order valence-electron chi connectivity index (χ3n) is 3.14. The second-order valence-corrected chi connectivity index (χ2v) is 5.96. The van der Waals surface area contributed by atoms with Gasteiger partial charge in [0.15, 0.2) is 0 Å². The van der Waals surface area contributed by atoms with E-state index in [4.69, 9.17) is 0 Å². The number of carbonyl (C=O) groups is 1. The van der Waals surface area contributed by atoms with Crippen molar-refractivity contribution < 1.29 is 4.79 Å². The van der Waals surface area contributed by atoms with Gasteiger partial charge in [-0.1, -0.05) is 48.5 Å². The molecular weight excluding hydrogens is 306 g/mol. The molecule has 3 rings (SSSR count). The Hall–Kier alpha value is -2.66. The van der Waals surface area contributed by atoms with Crippen molar-refractivity contribution in [3.8, 4) is 0 Å². The second kappa shape index (κ2) is 7.56. The summed E-state index contributed by atoms with van der Waals surface area (Å²) in [5.74, 6) is 0.170. The lowest BCUT2D eigenvalue weighted by Crippen LogP contribution is -2.20. The Morgan fingerprint density at radius 2 is 1.48 bits per heavy atom. The minimum Gasteiger partial charge on any atom is -0.293 e. The summed E-state index contributed by atoms with van der Waals surface area (Å²) < 4.78 is 0. The SMILES string of the molecule is O=C(Nc1ncccn1)C(Sc1ccccc1)c1ccccc1. The van der Waals surface area contributed by atoms with Crippen LogP contribution in [0.5, 0.6) is 0 Å². The van der Waals surface area contributed by atoms with Crippen LogP contribution in [0.25, 0.3) is 0 Å². The number of nitrogens with one attached hydrogen (secondary N) is 1. The van der Waals surface area contributed by atoms with Crippen LogP contribution in [0.1, 0.15) is 10.8 Å². The van der Waals surface area contributed by atoms with E-state index in [2.05, 4.69) is 15.3 Å². The maximum Gasteiger partial charge on any atom is 0.244 e. The lowest BCUT2D eigenvalue weighted by atomic mass is 10.1. The molecule has 2 aromatic carbocycles. The molecule has 1 unspecified atom stereocenters. The van der Waals surface area contributed by atoms with Gasteiger partial charge in [0, 0.05) is 17.3 Å². The molecule has 0 aliphatic heterocycles. The van der Waals surface area contributed by atoms with E-state index < -0.39 is 0 Å². The lowest BCUT2D eigenvalue weighted by Gasteiger charge is -2.16. The van der Waals surface area contributed by atoms with Crippen molar-refractivity contribution in [3.05, 3.63) is 84.7 Å². The molecule has 1 aromatic heterocycles. The summed E-state index contributed by atoms with van der Waals surface area (Å²) in [6.45, 7) is 0. The number of benzene rings is 2. The van der Waals surface area contributed by atoms with Gasteiger partial charge in [0.2, 0.25) is 11.9 Å². The third kappa shape index (κ3) is 4.17. The van der Waals surface area contributed by atoms with E-state index in [9.17, 15) is 4.79 Å². The van der Waals surface area contributed by atoms with Gasteiger partial charge < -0.3 is 0 Å². The highest BCUT2D eigenvalue weighted by Crippen LogP contribution is 2.35. The molecule has 114 valence electrons. The molecule has 23 heavy (non-hydrogen) atoms. The Balaban J connectivity index is 1.84. The summed E-state index contributed by atoms with van der Waals surface area (Å²) in [5.41, 5.74) is 0.940. The van der Waals surface area contributed by atoms with Gasteiger partial charge in [-0.25, -0.2) is 9.97 Å². The van der Waals surface area contributed by atoms with Gasteiger partial charge in [-0.15, -0.1) is 11.8 Å². The Bertz CT molecular complexity index is 751. The molecule has 1 N–H and O–H groups in total. The minimum atomic E-state index is -0.373. The summed E-state index contributed by atoms with van der Waals surface area (Å²) in [6.07, 6.45) is 3.20. The average molecular weight is 321 g/mol. The molecule has 1 amide bonds. The van der Waals surface area contributed by atoms with Gasteiger partial charge in [0.05, 0.1) is 0 Å². The van der Waals surface area contributed by atoms with E-state index in [0.29, 0.717) is 5.95 Å². The Morgan fingerprint density at radius 1 is 0.870 bits per heavy atom. The van der Waals surface area contributed by atoms with E-state index in [1.807, 2.05) is 60.7 Å². The first-order valence-corrected chi connectivity index (χ1v) is 8.05. The first-order chi connectivity index (χ1) is 11.3. The summed E-state index contributed by atoms with van der Waals surface area (Å²) in [7, 11) is 0. The van der Waals surface area contributed by atoms with E-state index >= 15 is 0 Å². The first kappa shape index (κ1) is 15.2. The summed E-state index contributed by atoms with van der Waals surface area (Å²) >= 11 is 1.50. The predicted molar refractivity (Wildman–Crippen MR) is 92.1 cm³/mol. The lowest BCUT2D eigenvalue weighted by molar-refractivity contribution is -0.115. The smallest absolute Gasteiger partial charge is 0.244 e. The number of nitrogens with zero attached hydrogens (tertiary/aromatic N) is 2. The van der Waals surface area contributed by atoms with Crippen LogP contribution in [0.3, 0.4) is 0 Å². The predicted octanol–water partition coefficient (Wildman–Crippen LogP) is 3.95. The van der Waals surface area contributed by atoms with Crippen LogP contribution < -0.4 is 5.32 Å². The van der Waals surface area contributed by atoms with Crippen molar-refractivity contribution in [1.29, 1.82) is 0 Å². The molecule has 0 spiro atoms. The van der Waals surface area contributed by atoms with Crippen LogP contribution in [-0.2, 0) is 4.79 Å². The van der Waals surface area contributed by atoms with Crippen LogP contribution in [0, 0.1) is 0 Å². The number of amides is 1. The van der Waals surface area contributed by atoms with Gasteiger partial charge in [-0.2, -0.15) is 0 Å². The second-order valence-electron chi connectivity index (χ2n) is 4.78. The number of anilines is 1. The van der Waals surface area contributed by atoms with Crippen LogP contribution in [0.15, 0.2) is 84.0 Å². The van der Waals surface area contributed by atoms with E-state index in [-0.39, 0.29) is 11.2 Å². The van der Waals surface area contributed by atoms with Crippen LogP contribution in [0.2, 0.25) is 0 Å². The van der Waals surface area contributed by atoms with Crippen molar-refractivity contribution in [2.75, 3.05) is 5.32 Å². The van der Waals surface area contributed by atoms with E-state index in [1.54, 1.807) is 18.5 Å². The highest BCUT2D eigenvalue weighted by Gasteiger charge is 2.22. The zero-order chi connectivity index (χ0) is 15.9. The molecule has 0 aliphatic rings. The molecule has 0 aliphatic carbocycles. The zero-order valence-electron chi connectivity index (χ0n) is 12.3. The molecule has 3 aromatic rings. The molecule has 0 radical (unpaired) electrons. The highest BCUT2D eigenvalue weighted by molar-refractivity contribution is 8.00. The van der Waals surface area contributed by atoms with Crippen LogP contribution in [0.4, 0.5) is 5.95 Å². The van der Waals surface area contributed by atoms with Gasteiger partial charge in [0.25, 0.3) is 0 Å². The van der Waals surface area contributed by atoms with E-state index in [1.165, 1.54) is 11.8 Å². The number of hydrogen-bond acceptors (Lipinski definition) is 4. The maximum absolute atomic E-state index is 12.7. The molecule has 1 heterocycles. The summed E-state index contributed by atoms with van der Waals surface area (Å²) in [4.78, 5) is 21.8. The monoisotopic (exact) mass is 321 g/mol. The molecular formula is C18H15N3OS. The minimum absolute atomic E-state index is 0.142. The standard InChI is InChI=1S/C18H15N3OS/c22-17(21-18-19-12-7-13-20-18)16(14-8-3-1-4-9-14)23-15-10-5-2-6-11-15/h1-13,16H,(H,19,20,21,22). The molecule has 0 saturated carbocycles. The van der Waals surface area contributed by atoms with Gasteiger partial charge in [0.1, 0.15) is 5.25 Å². The van der Waals surface area contributed by atoms with Gasteiger partial charge in [-0.3, -0.25) is 10.1 Å². The highest BCUT2D eigenvalue weighted by atomic mass is 32.2.